The zero-order valence-corrected chi connectivity index (χ0v) is 16.7. The first kappa shape index (κ1) is 20.3. The fourth-order valence-electron chi connectivity index (χ4n) is 2.65. The van der Waals surface area contributed by atoms with Gasteiger partial charge in [-0.15, -0.1) is 11.3 Å². The number of carbonyl (C=O) groups is 1. The first-order chi connectivity index (χ1) is 11.5. The number of aliphatic carboxylic acids is 1. The van der Waals surface area contributed by atoms with Crippen molar-refractivity contribution >= 4 is 27.3 Å². The molecule has 2 rings (SSSR count). The van der Waals surface area contributed by atoms with E-state index in [1.54, 1.807) is 18.0 Å². The van der Waals surface area contributed by atoms with Crippen LogP contribution in [0.5, 0.6) is 0 Å². The molecule has 1 saturated heterocycles. The van der Waals surface area contributed by atoms with Crippen LogP contribution in [-0.2, 0) is 25.0 Å². The normalized spacial score (nSPS) is 20.1. The Balaban J connectivity index is 2.09. The quantitative estimate of drug-likeness (QED) is 0.791. The van der Waals surface area contributed by atoms with Crippen molar-refractivity contribution in [3.8, 4) is 0 Å². The fraction of sp³-hybridized carbons (Fsp3) is 0.688. The molecule has 25 heavy (non-hydrogen) atoms. The monoisotopic (exact) mass is 390 g/mol. The highest BCUT2D eigenvalue weighted by molar-refractivity contribution is 7.91. The number of carboxylic acids is 1. The highest BCUT2D eigenvalue weighted by Crippen LogP contribution is 2.33. The molecule has 0 saturated carbocycles. The SMILES string of the molecule is CN(CC(=O)O)CC1CN(S(=O)(=O)c2ccc(C(C)(C)C)s2)CCO1. The summed E-state index contributed by atoms with van der Waals surface area (Å²) in [6.45, 7) is 7.28. The molecule has 1 aromatic heterocycles. The Morgan fingerprint density at radius 3 is 2.68 bits per heavy atom. The van der Waals surface area contributed by atoms with Crippen LogP contribution in [0.25, 0.3) is 0 Å². The molecular weight excluding hydrogens is 364 g/mol. The van der Waals surface area contributed by atoms with Gasteiger partial charge in [-0.3, -0.25) is 9.69 Å². The third-order valence-electron chi connectivity index (χ3n) is 3.94. The van der Waals surface area contributed by atoms with E-state index in [9.17, 15) is 13.2 Å². The Morgan fingerprint density at radius 2 is 2.12 bits per heavy atom. The second-order valence-corrected chi connectivity index (χ2v) is 10.6. The minimum absolute atomic E-state index is 0.0917. The molecule has 9 heteroatoms. The largest absolute Gasteiger partial charge is 0.480 e. The van der Waals surface area contributed by atoms with Gasteiger partial charge in [0.2, 0.25) is 0 Å². The Kier molecular flexibility index (Phi) is 6.26. The minimum atomic E-state index is -3.56. The summed E-state index contributed by atoms with van der Waals surface area (Å²) in [6.07, 6.45) is -0.338. The molecule has 1 N–H and O–H groups in total. The van der Waals surface area contributed by atoms with Gasteiger partial charge in [0.15, 0.2) is 0 Å². The maximum atomic E-state index is 12.9. The van der Waals surface area contributed by atoms with E-state index in [0.717, 1.165) is 4.88 Å². The van der Waals surface area contributed by atoms with Crippen molar-refractivity contribution in [1.29, 1.82) is 0 Å². The van der Waals surface area contributed by atoms with Crippen LogP contribution >= 0.6 is 11.3 Å². The van der Waals surface area contributed by atoms with Crippen LogP contribution < -0.4 is 0 Å². The van der Waals surface area contributed by atoms with Gasteiger partial charge >= 0.3 is 5.97 Å². The van der Waals surface area contributed by atoms with E-state index in [-0.39, 0.29) is 24.6 Å². The molecule has 0 spiro atoms. The number of hydrogen-bond donors (Lipinski definition) is 1. The topological polar surface area (TPSA) is 87.2 Å². The molecule has 0 radical (unpaired) electrons. The van der Waals surface area contributed by atoms with E-state index < -0.39 is 16.0 Å². The summed E-state index contributed by atoms with van der Waals surface area (Å²) in [5.41, 5.74) is -0.0917. The third kappa shape index (κ3) is 5.24. The van der Waals surface area contributed by atoms with E-state index in [1.807, 2.05) is 6.07 Å². The number of rotatable bonds is 6. The summed E-state index contributed by atoms with van der Waals surface area (Å²) < 4.78 is 33.2. The summed E-state index contributed by atoms with van der Waals surface area (Å²) in [7, 11) is -1.88. The predicted octanol–water partition coefficient (Wildman–Crippen LogP) is 1.45. The van der Waals surface area contributed by atoms with Crippen LogP contribution in [0.3, 0.4) is 0 Å². The second-order valence-electron chi connectivity index (χ2n) is 7.32. The second kappa shape index (κ2) is 7.71. The lowest BCUT2D eigenvalue weighted by Gasteiger charge is -2.33. The van der Waals surface area contributed by atoms with Crippen LogP contribution in [0.2, 0.25) is 0 Å². The smallest absolute Gasteiger partial charge is 0.317 e. The molecule has 1 aromatic rings. The van der Waals surface area contributed by atoms with Crippen LogP contribution in [0.1, 0.15) is 25.6 Å². The van der Waals surface area contributed by atoms with Crippen molar-refractivity contribution in [3.05, 3.63) is 17.0 Å². The number of thiophene rings is 1. The Morgan fingerprint density at radius 1 is 1.44 bits per heavy atom. The lowest BCUT2D eigenvalue weighted by Crippen LogP contribution is -2.49. The summed E-state index contributed by atoms with van der Waals surface area (Å²) in [6, 6.07) is 3.54. The van der Waals surface area contributed by atoms with Gasteiger partial charge in [0, 0.05) is 24.5 Å². The van der Waals surface area contributed by atoms with Gasteiger partial charge in [0.25, 0.3) is 10.0 Å². The highest BCUT2D eigenvalue weighted by atomic mass is 32.2. The highest BCUT2D eigenvalue weighted by Gasteiger charge is 2.33. The Bertz CT molecular complexity index is 708. The summed E-state index contributed by atoms with van der Waals surface area (Å²) in [5, 5.41) is 8.82. The molecule has 0 aromatic carbocycles. The predicted molar refractivity (Wildman–Crippen MR) is 96.7 cm³/mol. The molecule has 1 atom stereocenters. The number of sulfonamides is 1. The molecule has 0 bridgehead atoms. The molecule has 1 aliphatic rings. The van der Waals surface area contributed by atoms with Gasteiger partial charge in [-0.05, 0) is 24.6 Å². The lowest BCUT2D eigenvalue weighted by molar-refractivity contribution is -0.138. The summed E-state index contributed by atoms with van der Waals surface area (Å²) in [5.74, 6) is -0.920. The minimum Gasteiger partial charge on any atom is -0.480 e. The van der Waals surface area contributed by atoms with Crippen molar-refractivity contribution in [3.63, 3.8) is 0 Å². The van der Waals surface area contributed by atoms with Crippen LogP contribution in [-0.4, -0.2) is 74.6 Å². The van der Waals surface area contributed by atoms with Crippen molar-refractivity contribution in [2.24, 2.45) is 0 Å². The molecule has 0 amide bonds. The van der Waals surface area contributed by atoms with Crippen molar-refractivity contribution in [2.75, 3.05) is 39.8 Å². The van der Waals surface area contributed by atoms with Gasteiger partial charge in [-0.25, -0.2) is 8.42 Å². The fourth-order valence-corrected chi connectivity index (χ4v) is 5.63. The molecule has 142 valence electrons. The van der Waals surface area contributed by atoms with Gasteiger partial charge in [0.05, 0.1) is 19.3 Å². The van der Waals surface area contributed by atoms with Crippen LogP contribution in [0.15, 0.2) is 16.3 Å². The van der Waals surface area contributed by atoms with Crippen LogP contribution in [0, 0.1) is 0 Å². The van der Waals surface area contributed by atoms with Gasteiger partial charge in [-0.1, -0.05) is 20.8 Å². The van der Waals surface area contributed by atoms with Crippen molar-refractivity contribution < 1.29 is 23.1 Å². The van der Waals surface area contributed by atoms with E-state index in [0.29, 0.717) is 23.9 Å². The number of carboxylic acid groups (broad SMARTS) is 1. The lowest BCUT2D eigenvalue weighted by atomic mass is 9.95. The molecule has 2 heterocycles. The van der Waals surface area contributed by atoms with Gasteiger partial charge in [0.1, 0.15) is 4.21 Å². The van der Waals surface area contributed by atoms with Gasteiger partial charge < -0.3 is 9.84 Å². The average Bonchev–Trinajstić information content (AvgIpc) is 2.97. The maximum absolute atomic E-state index is 12.9. The number of morpholine rings is 1. The Labute approximate surface area is 153 Å². The summed E-state index contributed by atoms with van der Waals surface area (Å²) in [4.78, 5) is 13.4. The van der Waals surface area contributed by atoms with E-state index >= 15 is 0 Å². The first-order valence-corrected chi connectivity index (χ1v) is 10.4. The number of ether oxygens (including phenoxy) is 1. The van der Waals surface area contributed by atoms with Gasteiger partial charge in [-0.2, -0.15) is 4.31 Å². The van der Waals surface area contributed by atoms with E-state index in [4.69, 9.17) is 9.84 Å². The zero-order valence-electron chi connectivity index (χ0n) is 15.1. The number of hydrogen-bond acceptors (Lipinski definition) is 6. The zero-order chi connectivity index (χ0) is 18.8. The van der Waals surface area contributed by atoms with Crippen molar-refractivity contribution in [1.82, 2.24) is 9.21 Å². The van der Waals surface area contributed by atoms with Crippen molar-refractivity contribution in [2.45, 2.75) is 36.5 Å². The number of likely N-dealkylation sites (N-methyl/N-ethyl adjacent to an activating group) is 1. The molecular formula is C16H26N2O5S2. The molecule has 1 fully saturated rings. The molecule has 1 aliphatic heterocycles. The summed E-state index contributed by atoms with van der Waals surface area (Å²) >= 11 is 1.31. The Hall–Kier alpha value is -1.00. The average molecular weight is 391 g/mol. The van der Waals surface area contributed by atoms with E-state index in [1.165, 1.54) is 15.6 Å². The third-order valence-corrected chi connectivity index (χ3v) is 7.78. The number of nitrogens with zero attached hydrogens (tertiary/aromatic N) is 2. The first-order valence-electron chi connectivity index (χ1n) is 8.12. The maximum Gasteiger partial charge on any atom is 0.317 e. The standard InChI is InChI=1S/C16H26N2O5S2/c1-16(2,3)13-5-6-15(24-13)25(21,22)18-7-8-23-12(10-18)9-17(4)11-14(19)20/h5-6,12H,7-11H2,1-4H3,(H,19,20). The van der Waals surface area contributed by atoms with E-state index in [2.05, 4.69) is 20.8 Å². The van der Waals surface area contributed by atoms with Crippen LogP contribution in [0.4, 0.5) is 0 Å². The molecule has 1 unspecified atom stereocenters. The molecule has 7 nitrogen and oxygen atoms in total. The molecule has 0 aliphatic carbocycles.